The summed E-state index contributed by atoms with van der Waals surface area (Å²) in [6.45, 7) is 4.38. The van der Waals surface area contributed by atoms with Crippen molar-refractivity contribution >= 4 is 10.0 Å². The lowest BCUT2D eigenvalue weighted by atomic mass is 9.93. The molecule has 0 saturated carbocycles. The van der Waals surface area contributed by atoms with Crippen molar-refractivity contribution < 1.29 is 8.42 Å². The molecule has 2 aliphatic heterocycles. The number of rotatable bonds is 3. The van der Waals surface area contributed by atoms with Crippen molar-refractivity contribution in [3.05, 3.63) is 24.0 Å². The second kappa shape index (κ2) is 5.37. The first-order valence-corrected chi connectivity index (χ1v) is 8.60. The third-order valence-electron chi connectivity index (χ3n) is 4.55. The second-order valence-electron chi connectivity index (χ2n) is 5.62. The second-order valence-corrected chi connectivity index (χ2v) is 7.51. The van der Waals surface area contributed by atoms with Gasteiger partial charge in [-0.15, -0.1) is 0 Å². The van der Waals surface area contributed by atoms with Gasteiger partial charge in [0.05, 0.1) is 0 Å². The largest absolute Gasteiger partial charge is 0.316 e. The number of nitriles is 1. The first kappa shape index (κ1) is 14.4. The highest BCUT2D eigenvalue weighted by Gasteiger charge is 2.48. The molecule has 112 valence electrons. The molecule has 7 heteroatoms. The summed E-state index contributed by atoms with van der Waals surface area (Å²) in [5, 5.41) is 12.1. The highest BCUT2D eigenvalue weighted by Crippen LogP contribution is 2.37. The van der Waals surface area contributed by atoms with Crippen LogP contribution in [0.1, 0.15) is 19.0 Å². The molecular formula is C14H18N4O2S. The molecule has 0 aromatic carbocycles. The van der Waals surface area contributed by atoms with Crippen molar-refractivity contribution in [2.45, 2.75) is 24.3 Å². The van der Waals surface area contributed by atoms with Crippen LogP contribution in [-0.2, 0) is 10.0 Å². The fraction of sp³-hybridized carbons (Fsp3) is 0.571. The van der Waals surface area contributed by atoms with E-state index in [1.54, 1.807) is 4.31 Å². The molecule has 0 amide bonds. The van der Waals surface area contributed by atoms with Crippen molar-refractivity contribution in [3.63, 3.8) is 0 Å². The minimum atomic E-state index is -3.53. The van der Waals surface area contributed by atoms with Crippen molar-refractivity contribution in [2.24, 2.45) is 11.8 Å². The molecule has 0 aliphatic carbocycles. The average molecular weight is 306 g/mol. The summed E-state index contributed by atoms with van der Waals surface area (Å²) in [5.41, 5.74) is 0.225. The molecule has 2 saturated heterocycles. The van der Waals surface area contributed by atoms with Crippen LogP contribution in [0.15, 0.2) is 23.2 Å². The van der Waals surface area contributed by atoms with Crippen LogP contribution < -0.4 is 5.32 Å². The monoisotopic (exact) mass is 306 g/mol. The third-order valence-corrected chi connectivity index (χ3v) is 6.42. The van der Waals surface area contributed by atoms with Gasteiger partial charge in [-0.05, 0) is 43.5 Å². The summed E-state index contributed by atoms with van der Waals surface area (Å²) < 4.78 is 27.3. The van der Waals surface area contributed by atoms with E-state index in [1.807, 2.05) is 13.0 Å². The summed E-state index contributed by atoms with van der Waals surface area (Å²) in [6.07, 6.45) is 2.10. The Labute approximate surface area is 124 Å². The fourth-order valence-electron chi connectivity index (χ4n) is 3.50. The topological polar surface area (TPSA) is 86.1 Å². The first-order chi connectivity index (χ1) is 10.1. The van der Waals surface area contributed by atoms with Gasteiger partial charge in [-0.25, -0.2) is 13.4 Å². The Bertz CT molecular complexity index is 665. The van der Waals surface area contributed by atoms with Crippen LogP contribution in [0.25, 0.3) is 0 Å². The van der Waals surface area contributed by atoms with Crippen LogP contribution in [-0.4, -0.2) is 43.4 Å². The fourth-order valence-corrected chi connectivity index (χ4v) is 5.25. The molecule has 1 aromatic rings. The molecule has 3 unspecified atom stereocenters. The highest BCUT2D eigenvalue weighted by atomic mass is 32.2. The van der Waals surface area contributed by atoms with E-state index in [0.717, 1.165) is 19.5 Å². The lowest BCUT2D eigenvalue weighted by Crippen LogP contribution is -2.39. The van der Waals surface area contributed by atoms with Crippen molar-refractivity contribution in [1.82, 2.24) is 14.6 Å². The van der Waals surface area contributed by atoms with Crippen molar-refractivity contribution in [2.75, 3.05) is 19.6 Å². The number of aromatic nitrogens is 1. The molecule has 3 atom stereocenters. The van der Waals surface area contributed by atoms with Gasteiger partial charge in [0.2, 0.25) is 10.0 Å². The van der Waals surface area contributed by atoms with E-state index in [2.05, 4.69) is 10.3 Å². The summed E-state index contributed by atoms with van der Waals surface area (Å²) >= 11 is 0. The standard InChI is InChI=1S/C14H18N4O2S/c1-2-14-13-8-16-6-10(13)9-18(14)21(19,20)12-4-3-11(5-15)17-7-12/h3-4,7,10,13-14,16H,2,6,8-9H2,1H3. The maximum absolute atomic E-state index is 12.8. The molecule has 21 heavy (non-hydrogen) atoms. The maximum atomic E-state index is 12.8. The Morgan fingerprint density at radius 1 is 1.48 bits per heavy atom. The molecule has 2 fully saturated rings. The number of nitrogens with zero attached hydrogens (tertiary/aromatic N) is 3. The summed E-state index contributed by atoms with van der Waals surface area (Å²) in [6, 6.07) is 4.87. The van der Waals surface area contributed by atoms with Gasteiger partial charge in [0.1, 0.15) is 16.7 Å². The lowest BCUT2D eigenvalue weighted by molar-refractivity contribution is 0.329. The van der Waals surface area contributed by atoms with E-state index in [1.165, 1.54) is 18.3 Å². The molecule has 1 N–H and O–H groups in total. The van der Waals surface area contributed by atoms with Crippen molar-refractivity contribution in [3.8, 4) is 6.07 Å². The number of sulfonamides is 1. The number of nitrogens with one attached hydrogen (secondary N) is 1. The van der Waals surface area contributed by atoms with E-state index >= 15 is 0 Å². The smallest absolute Gasteiger partial charge is 0.244 e. The minimum Gasteiger partial charge on any atom is -0.316 e. The molecule has 0 bridgehead atoms. The lowest BCUT2D eigenvalue weighted by Gasteiger charge is -2.26. The van der Waals surface area contributed by atoms with E-state index in [4.69, 9.17) is 5.26 Å². The average Bonchev–Trinajstić information content (AvgIpc) is 3.07. The summed E-state index contributed by atoms with van der Waals surface area (Å²) in [7, 11) is -3.53. The van der Waals surface area contributed by atoms with Gasteiger partial charge < -0.3 is 5.32 Å². The predicted molar refractivity (Wildman–Crippen MR) is 76.8 cm³/mol. The molecule has 1 aromatic heterocycles. The van der Waals surface area contributed by atoms with Crippen LogP contribution in [0.3, 0.4) is 0 Å². The normalized spacial score (nSPS) is 29.2. The van der Waals surface area contributed by atoms with Crippen LogP contribution >= 0.6 is 0 Å². The molecule has 0 radical (unpaired) electrons. The van der Waals surface area contributed by atoms with Crippen LogP contribution in [0.2, 0.25) is 0 Å². The van der Waals surface area contributed by atoms with Gasteiger partial charge in [0.25, 0.3) is 0 Å². The van der Waals surface area contributed by atoms with E-state index in [9.17, 15) is 8.42 Å². The van der Waals surface area contributed by atoms with Gasteiger partial charge in [-0.1, -0.05) is 6.92 Å². The Morgan fingerprint density at radius 3 is 2.90 bits per heavy atom. The number of pyridine rings is 1. The van der Waals surface area contributed by atoms with Gasteiger partial charge in [-0.2, -0.15) is 9.57 Å². The summed E-state index contributed by atoms with van der Waals surface area (Å²) in [5.74, 6) is 0.798. The molecular weight excluding hydrogens is 288 g/mol. The SMILES string of the molecule is CCC1C2CNCC2CN1S(=O)(=O)c1ccc(C#N)nc1. The Hall–Kier alpha value is -1.49. The Morgan fingerprint density at radius 2 is 2.29 bits per heavy atom. The van der Waals surface area contributed by atoms with Crippen molar-refractivity contribution in [1.29, 1.82) is 5.26 Å². The number of hydrogen-bond acceptors (Lipinski definition) is 5. The molecule has 2 aliphatic rings. The summed E-state index contributed by atoms with van der Waals surface area (Å²) in [4.78, 5) is 4.05. The highest BCUT2D eigenvalue weighted by molar-refractivity contribution is 7.89. The quantitative estimate of drug-likeness (QED) is 0.882. The van der Waals surface area contributed by atoms with E-state index in [-0.39, 0.29) is 16.6 Å². The van der Waals surface area contributed by atoms with E-state index in [0.29, 0.717) is 18.4 Å². The third kappa shape index (κ3) is 2.33. The zero-order chi connectivity index (χ0) is 15.0. The molecule has 0 spiro atoms. The minimum absolute atomic E-state index is 0.0469. The van der Waals surface area contributed by atoms with Gasteiger partial charge in [-0.3, -0.25) is 0 Å². The first-order valence-electron chi connectivity index (χ1n) is 7.16. The zero-order valence-corrected chi connectivity index (χ0v) is 12.7. The van der Waals surface area contributed by atoms with Crippen LogP contribution in [0.5, 0.6) is 0 Å². The zero-order valence-electron chi connectivity index (χ0n) is 11.9. The number of fused-ring (bicyclic) bond motifs is 1. The van der Waals surface area contributed by atoms with Gasteiger partial charge >= 0.3 is 0 Å². The Balaban J connectivity index is 1.92. The van der Waals surface area contributed by atoms with Crippen LogP contribution in [0.4, 0.5) is 0 Å². The number of hydrogen-bond donors (Lipinski definition) is 1. The van der Waals surface area contributed by atoms with Gasteiger partial charge in [0.15, 0.2) is 0 Å². The molecule has 3 heterocycles. The molecule has 3 rings (SSSR count). The van der Waals surface area contributed by atoms with E-state index < -0.39 is 10.0 Å². The van der Waals surface area contributed by atoms with Crippen LogP contribution in [0, 0.1) is 23.2 Å². The Kier molecular flexibility index (Phi) is 3.69. The van der Waals surface area contributed by atoms with Gasteiger partial charge in [0, 0.05) is 18.8 Å². The predicted octanol–water partition coefficient (Wildman–Crippen LogP) is 0.572. The molecule has 6 nitrogen and oxygen atoms in total. The maximum Gasteiger partial charge on any atom is 0.244 e.